The number of hydrogen-bond donors (Lipinski definition) is 4. The summed E-state index contributed by atoms with van der Waals surface area (Å²) in [4.78, 5) is 0. The zero-order valence-corrected chi connectivity index (χ0v) is 22.8. The minimum atomic E-state index is 0.541. The van der Waals surface area contributed by atoms with Crippen LogP contribution in [0.15, 0.2) is 0 Å². The van der Waals surface area contributed by atoms with Crippen LogP contribution in [0.3, 0.4) is 0 Å². The van der Waals surface area contributed by atoms with Gasteiger partial charge in [-0.1, -0.05) is 0 Å². The molecule has 0 saturated heterocycles. The van der Waals surface area contributed by atoms with Gasteiger partial charge in [0.15, 0.2) is 0 Å². The van der Waals surface area contributed by atoms with Crippen LogP contribution in [-0.2, 0) is 0 Å². The summed E-state index contributed by atoms with van der Waals surface area (Å²) in [6.07, 6.45) is 2.73. The second-order valence-electron chi connectivity index (χ2n) is 4.41. The predicted molar refractivity (Wildman–Crippen MR) is 114 cm³/mol. The van der Waals surface area contributed by atoms with E-state index in [9.17, 15) is 0 Å². The monoisotopic (exact) mass is 618 g/mol. The molecule has 0 fully saturated rings. The molecule has 0 spiro atoms. The summed E-state index contributed by atoms with van der Waals surface area (Å²) in [5.41, 5.74) is 0. The van der Waals surface area contributed by atoms with Gasteiger partial charge in [0, 0.05) is 0 Å². The Balaban J connectivity index is 4.68. The van der Waals surface area contributed by atoms with Gasteiger partial charge in [0.05, 0.1) is 0 Å². The van der Waals surface area contributed by atoms with Crippen molar-refractivity contribution in [3.8, 4) is 0 Å². The molecule has 0 aliphatic rings. The minimum absolute atomic E-state index is 0.541. The molecule has 20 heavy (non-hydrogen) atoms. The first-order valence-electron chi connectivity index (χ1n) is 6.54. The molecular formula is C12H26S4Se4. The molecule has 4 unspecified atom stereocenters. The average Bonchev–Trinajstić information content (AvgIpc) is 2.20. The fourth-order valence-electron chi connectivity index (χ4n) is 1.58. The molecule has 0 aliphatic carbocycles. The van der Waals surface area contributed by atoms with Crippen LogP contribution in [0.4, 0.5) is 0 Å². The topological polar surface area (TPSA) is 0 Å². The van der Waals surface area contributed by atoms with Crippen LogP contribution in [0.2, 0.25) is 7.43 Å². The van der Waals surface area contributed by atoms with Crippen LogP contribution in [0, 0.1) is 0 Å². The van der Waals surface area contributed by atoms with Crippen molar-refractivity contribution in [3.05, 3.63) is 0 Å². The van der Waals surface area contributed by atoms with Crippen LogP contribution in [0.5, 0.6) is 0 Å². The second-order valence-corrected chi connectivity index (χ2v) is 27.9. The van der Waals surface area contributed by atoms with Gasteiger partial charge >= 0.3 is 175 Å². The van der Waals surface area contributed by atoms with Gasteiger partial charge in [-0.25, -0.2) is 0 Å². The molecule has 0 radical (unpaired) electrons. The molecule has 0 aliphatic heterocycles. The van der Waals surface area contributed by atoms with Crippen molar-refractivity contribution in [1.29, 1.82) is 0 Å². The predicted octanol–water partition coefficient (Wildman–Crippen LogP) is 3.18. The summed E-state index contributed by atoms with van der Waals surface area (Å²) in [7, 11) is 0. The first-order valence-corrected chi connectivity index (χ1v) is 16.3. The summed E-state index contributed by atoms with van der Waals surface area (Å²) in [5.74, 6) is 0. The van der Waals surface area contributed by atoms with Crippen LogP contribution < -0.4 is 0 Å². The van der Waals surface area contributed by atoms with Gasteiger partial charge in [-0.2, -0.15) is 0 Å². The summed E-state index contributed by atoms with van der Waals surface area (Å²) < 4.78 is 2.76. The molecule has 8 heteroatoms. The van der Waals surface area contributed by atoms with E-state index in [0.29, 0.717) is 78.5 Å². The molecule has 0 nitrogen and oxygen atoms in total. The molecule has 0 aromatic heterocycles. The Morgan fingerprint density at radius 2 is 1.15 bits per heavy atom. The summed E-state index contributed by atoms with van der Waals surface area (Å²) in [6, 6.07) is 0. The van der Waals surface area contributed by atoms with E-state index in [1.54, 1.807) is 0 Å². The van der Waals surface area contributed by atoms with Crippen LogP contribution in [0.25, 0.3) is 0 Å². The van der Waals surface area contributed by atoms with Gasteiger partial charge in [0.25, 0.3) is 0 Å². The third-order valence-electron chi connectivity index (χ3n) is 2.04. The van der Waals surface area contributed by atoms with E-state index in [4.69, 9.17) is 37.9 Å². The Morgan fingerprint density at radius 1 is 0.750 bits per heavy atom. The van der Waals surface area contributed by atoms with E-state index in [0.717, 1.165) is 0 Å². The van der Waals surface area contributed by atoms with Crippen molar-refractivity contribution in [1.82, 2.24) is 0 Å². The van der Waals surface area contributed by atoms with Gasteiger partial charge in [-0.05, 0) is 0 Å². The Morgan fingerprint density at radius 3 is 1.45 bits per heavy atom. The van der Waals surface area contributed by atoms with Crippen LogP contribution in [-0.4, -0.2) is 76.4 Å². The average molecular weight is 614 g/mol. The molecule has 0 rings (SSSR count). The molecule has 0 aromatic rings. The van der Waals surface area contributed by atoms with Gasteiger partial charge < -0.3 is 0 Å². The second kappa shape index (κ2) is 12.8. The SMILES string of the molecule is CC(S)[Se]CCCC([Se]C(C)S)([Se]C(C)S)[Se]C(C)S. The molecule has 0 bridgehead atoms. The van der Waals surface area contributed by atoms with Crippen molar-refractivity contribution < 1.29 is 0 Å². The summed E-state index contributed by atoms with van der Waals surface area (Å²) in [5, 5.41) is 1.37. The molecular weight excluding hydrogens is 588 g/mol. The van der Waals surface area contributed by atoms with Crippen molar-refractivity contribution in [3.63, 3.8) is 0 Å². The number of rotatable bonds is 11. The summed E-state index contributed by atoms with van der Waals surface area (Å²) in [6.45, 7) is 9.00. The van der Waals surface area contributed by atoms with Crippen molar-refractivity contribution in [2.45, 2.75) is 64.6 Å². The fourth-order valence-corrected chi connectivity index (χ4v) is 27.8. The fraction of sp³-hybridized carbons (Fsp3) is 1.00. The Kier molecular flexibility index (Phi) is 15.0. The van der Waals surface area contributed by atoms with E-state index in [1.807, 2.05) is 0 Å². The summed E-state index contributed by atoms with van der Waals surface area (Å²) >= 11 is 21.1. The van der Waals surface area contributed by atoms with Crippen molar-refractivity contribution in [2.75, 3.05) is 0 Å². The molecule has 0 saturated carbocycles. The first kappa shape index (κ1) is 23.5. The van der Waals surface area contributed by atoms with Crippen LogP contribution in [0.1, 0.15) is 40.5 Å². The van der Waals surface area contributed by atoms with Gasteiger partial charge in [-0.15, -0.1) is 0 Å². The zero-order chi connectivity index (χ0) is 15.8. The molecule has 122 valence electrons. The molecule has 0 N–H and O–H groups in total. The standard InChI is InChI=1S/C12H26S4Se4/c1-8(13)17-7-5-6-12(18-9(2)14,19-10(3)15)20-11(4)16/h8-11,13-16H,5-7H2,1-4H3. The third-order valence-corrected chi connectivity index (χ3v) is 18.6. The third kappa shape index (κ3) is 12.8. The maximum absolute atomic E-state index is 4.70. The Bertz CT molecular complexity index is 223. The van der Waals surface area contributed by atoms with E-state index in [2.05, 4.69) is 40.3 Å². The van der Waals surface area contributed by atoms with E-state index >= 15 is 0 Å². The van der Waals surface area contributed by atoms with Gasteiger partial charge in [0.1, 0.15) is 0 Å². The van der Waals surface area contributed by atoms with Crippen molar-refractivity contribution in [2.24, 2.45) is 0 Å². The molecule has 0 aromatic carbocycles. The number of hydrogen-bond acceptors (Lipinski definition) is 4. The first-order chi connectivity index (χ1) is 9.17. The number of thiol groups is 4. The quantitative estimate of drug-likeness (QED) is 0.154. The maximum atomic E-state index is 4.70. The van der Waals surface area contributed by atoms with E-state index < -0.39 is 0 Å². The molecule has 0 amide bonds. The Hall–Kier alpha value is 3.48. The zero-order valence-electron chi connectivity index (χ0n) is 12.4. The van der Waals surface area contributed by atoms with E-state index in [1.165, 1.54) is 18.2 Å². The normalized spacial score (nSPS) is 21.0. The van der Waals surface area contributed by atoms with Gasteiger partial charge in [-0.3, -0.25) is 0 Å². The molecule has 4 atom stereocenters. The van der Waals surface area contributed by atoms with E-state index in [-0.39, 0.29) is 0 Å². The van der Waals surface area contributed by atoms with Crippen molar-refractivity contribution >= 4 is 110 Å². The van der Waals surface area contributed by atoms with Crippen LogP contribution >= 0.6 is 50.5 Å². The Labute approximate surface area is 172 Å². The van der Waals surface area contributed by atoms with Gasteiger partial charge in [0.2, 0.25) is 0 Å². The molecule has 0 heterocycles.